The Balaban J connectivity index is 0.880. The molecule has 12 aromatic carbocycles. The van der Waals surface area contributed by atoms with Crippen LogP contribution in [-0.4, -0.2) is 0 Å². The molecule has 0 amide bonds. The smallest absolute Gasteiger partial charge is 0.0462 e. The molecule has 0 spiro atoms. The SMILES string of the molecule is c1cc(-c2ccc(N(c3ccc(-c4ccc5sc6ccccc6c5c4)cc3)c3ccc(-c4ccc5c6ccccc6c6ccccc6c5c4)cc3)cc2)cc(-c2cccc3ccccc23)c1. The molecule has 1 heterocycles. The largest absolute Gasteiger partial charge is 0.311 e. The van der Waals surface area contributed by atoms with Crippen molar-refractivity contribution in [3.05, 3.63) is 249 Å². The first-order chi connectivity index (χ1) is 32.7. The molecular weight excluding hydrogens is 815 g/mol. The van der Waals surface area contributed by atoms with E-state index in [9.17, 15) is 0 Å². The van der Waals surface area contributed by atoms with Crippen LogP contribution in [0.2, 0.25) is 0 Å². The Morgan fingerprint density at radius 2 is 0.636 bits per heavy atom. The van der Waals surface area contributed by atoms with Gasteiger partial charge in [-0.15, -0.1) is 11.3 Å². The van der Waals surface area contributed by atoms with E-state index in [1.54, 1.807) is 0 Å². The lowest BCUT2D eigenvalue weighted by Gasteiger charge is -2.26. The second kappa shape index (κ2) is 15.7. The zero-order chi connectivity index (χ0) is 43.6. The molecule has 1 nitrogen and oxygen atoms in total. The van der Waals surface area contributed by atoms with Crippen LogP contribution in [0.5, 0.6) is 0 Å². The lowest BCUT2D eigenvalue weighted by atomic mass is 9.92. The van der Waals surface area contributed by atoms with Gasteiger partial charge < -0.3 is 4.90 Å². The lowest BCUT2D eigenvalue weighted by molar-refractivity contribution is 1.28. The van der Waals surface area contributed by atoms with Gasteiger partial charge in [-0.1, -0.05) is 182 Å². The molecule has 0 atom stereocenters. The third-order valence-electron chi connectivity index (χ3n) is 13.5. The Bertz CT molecular complexity index is 3930. The quantitative estimate of drug-likeness (QED) is 0.144. The summed E-state index contributed by atoms with van der Waals surface area (Å²) in [4.78, 5) is 2.37. The highest BCUT2D eigenvalue weighted by Crippen LogP contribution is 2.42. The zero-order valence-corrected chi connectivity index (χ0v) is 36.8. The van der Waals surface area contributed by atoms with E-state index >= 15 is 0 Å². The van der Waals surface area contributed by atoms with Crippen LogP contribution >= 0.6 is 11.3 Å². The summed E-state index contributed by atoms with van der Waals surface area (Å²) in [5.74, 6) is 0. The molecule has 0 aliphatic carbocycles. The predicted molar refractivity (Wildman–Crippen MR) is 286 cm³/mol. The zero-order valence-electron chi connectivity index (χ0n) is 36.0. The van der Waals surface area contributed by atoms with Crippen LogP contribution in [0.4, 0.5) is 17.1 Å². The van der Waals surface area contributed by atoms with Crippen LogP contribution in [0.15, 0.2) is 249 Å². The van der Waals surface area contributed by atoms with Gasteiger partial charge in [-0.05, 0) is 154 Å². The molecule has 13 rings (SSSR count). The molecule has 13 aromatic rings. The fraction of sp³-hybridized carbons (Fsp3) is 0. The lowest BCUT2D eigenvalue weighted by Crippen LogP contribution is -2.09. The molecule has 0 aliphatic heterocycles. The number of fused-ring (bicyclic) bond motifs is 10. The van der Waals surface area contributed by atoms with Gasteiger partial charge in [0.2, 0.25) is 0 Å². The Labute approximate surface area is 387 Å². The molecule has 0 saturated carbocycles. The second-order valence-corrected chi connectivity index (χ2v) is 18.3. The van der Waals surface area contributed by atoms with Gasteiger partial charge >= 0.3 is 0 Å². The van der Waals surface area contributed by atoms with Crippen molar-refractivity contribution in [2.24, 2.45) is 0 Å². The van der Waals surface area contributed by atoms with Gasteiger partial charge in [0.05, 0.1) is 0 Å². The van der Waals surface area contributed by atoms with Gasteiger partial charge in [0.15, 0.2) is 0 Å². The molecule has 0 saturated heterocycles. The van der Waals surface area contributed by atoms with E-state index in [-0.39, 0.29) is 0 Å². The summed E-state index contributed by atoms with van der Waals surface area (Å²) in [7, 11) is 0. The number of benzene rings is 12. The minimum absolute atomic E-state index is 1.10. The van der Waals surface area contributed by atoms with Gasteiger partial charge in [-0.2, -0.15) is 0 Å². The van der Waals surface area contributed by atoms with Crippen molar-refractivity contribution in [3.8, 4) is 44.5 Å². The predicted octanol–water partition coefficient (Wildman–Crippen LogP) is 18.8. The van der Waals surface area contributed by atoms with Crippen molar-refractivity contribution < 1.29 is 0 Å². The highest BCUT2D eigenvalue weighted by molar-refractivity contribution is 7.25. The average Bonchev–Trinajstić information content (AvgIpc) is 3.77. The van der Waals surface area contributed by atoms with Crippen molar-refractivity contribution in [1.82, 2.24) is 0 Å². The summed E-state index contributed by atoms with van der Waals surface area (Å²) >= 11 is 1.86. The summed E-state index contributed by atoms with van der Waals surface area (Å²) in [5.41, 5.74) is 12.9. The van der Waals surface area contributed by atoms with Crippen molar-refractivity contribution in [2.45, 2.75) is 0 Å². The number of nitrogens with zero attached hydrogens (tertiary/aromatic N) is 1. The highest BCUT2D eigenvalue weighted by atomic mass is 32.1. The first kappa shape index (κ1) is 38.2. The van der Waals surface area contributed by atoms with Crippen molar-refractivity contribution >= 4 is 91.7 Å². The molecule has 2 heteroatoms. The van der Waals surface area contributed by atoms with Gasteiger partial charge in [-0.25, -0.2) is 0 Å². The number of thiophene rings is 1. The summed E-state index contributed by atoms with van der Waals surface area (Å²) in [6.45, 7) is 0. The van der Waals surface area contributed by atoms with E-state index in [0.29, 0.717) is 0 Å². The Hall–Kier alpha value is -8.30. The van der Waals surface area contributed by atoms with Gasteiger partial charge in [0, 0.05) is 37.2 Å². The summed E-state index contributed by atoms with van der Waals surface area (Å²) in [6, 6.07) is 91.5. The molecule has 0 bridgehead atoms. The molecule has 0 N–H and O–H groups in total. The molecule has 308 valence electrons. The summed E-state index contributed by atoms with van der Waals surface area (Å²) < 4.78 is 2.65. The highest BCUT2D eigenvalue weighted by Gasteiger charge is 2.16. The number of hydrogen-bond donors (Lipinski definition) is 0. The van der Waals surface area contributed by atoms with Gasteiger partial charge in [0.25, 0.3) is 0 Å². The normalized spacial score (nSPS) is 11.6. The average molecular weight is 856 g/mol. The minimum Gasteiger partial charge on any atom is -0.311 e. The third-order valence-corrected chi connectivity index (χ3v) is 14.6. The fourth-order valence-corrected chi connectivity index (χ4v) is 11.3. The van der Waals surface area contributed by atoms with E-state index in [2.05, 4.69) is 254 Å². The second-order valence-electron chi connectivity index (χ2n) is 17.2. The third kappa shape index (κ3) is 6.53. The first-order valence-electron chi connectivity index (χ1n) is 22.6. The Morgan fingerprint density at radius 3 is 1.26 bits per heavy atom. The van der Waals surface area contributed by atoms with E-state index < -0.39 is 0 Å². The van der Waals surface area contributed by atoms with E-state index in [1.165, 1.54) is 108 Å². The first-order valence-corrected chi connectivity index (χ1v) is 23.5. The Morgan fingerprint density at radius 1 is 0.227 bits per heavy atom. The van der Waals surface area contributed by atoms with Crippen LogP contribution in [0.3, 0.4) is 0 Å². The molecular formula is C64H41NS. The molecule has 0 fully saturated rings. The van der Waals surface area contributed by atoms with Crippen molar-refractivity contribution in [3.63, 3.8) is 0 Å². The van der Waals surface area contributed by atoms with Crippen LogP contribution < -0.4 is 4.90 Å². The van der Waals surface area contributed by atoms with Crippen molar-refractivity contribution in [1.29, 1.82) is 0 Å². The number of anilines is 3. The fourth-order valence-electron chi connectivity index (χ4n) is 10.2. The summed E-state index contributed by atoms with van der Waals surface area (Å²) in [6.07, 6.45) is 0. The van der Waals surface area contributed by atoms with Crippen molar-refractivity contribution in [2.75, 3.05) is 4.90 Å². The maximum Gasteiger partial charge on any atom is 0.0462 e. The maximum atomic E-state index is 2.37. The van der Waals surface area contributed by atoms with Gasteiger partial charge in [-0.3, -0.25) is 0 Å². The van der Waals surface area contributed by atoms with E-state index in [4.69, 9.17) is 0 Å². The van der Waals surface area contributed by atoms with Crippen LogP contribution in [0.1, 0.15) is 0 Å². The Kier molecular flexibility index (Phi) is 9.11. The monoisotopic (exact) mass is 855 g/mol. The molecule has 1 aromatic heterocycles. The number of hydrogen-bond acceptors (Lipinski definition) is 2. The minimum atomic E-state index is 1.10. The van der Waals surface area contributed by atoms with Crippen LogP contribution in [-0.2, 0) is 0 Å². The standard InChI is InChI=1S/C64H41NS/c1-2-15-53-45(11-1)12-10-21-54(53)49-14-9-13-46(39-49)42-23-31-50(32-24-42)65(52-35-27-44(28-36-52)48-30-38-64-62(41-48)60-20-7-8-22-63(60)66-64)51-33-25-43(26-34-51)47-29-37-59-57-18-4-3-16-55(57)56-17-5-6-19-58(56)61(59)40-47/h1-41H. The van der Waals surface area contributed by atoms with E-state index in [1.807, 2.05) is 11.3 Å². The molecule has 66 heavy (non-hydrogen) atoms. The van der Waals surface area contributed by atoms with Crippen LogP contribution in [0, 0.1) is 0 Å². The maximum absolute atomic E-state index is 2.37. The number of rotatable bonds is 7. The molecule has 0 unspecified atom stereocenters. The van der Waals surface area contributed by atoms with Gasteiger partial charge in [0.1, 0.15) is 0 Å². The molecule has 0 aliphatic rings. The van der Waals surface area contributed by atoms with E-state index in [0.717, 1.165) is 17.1 Å². The molecule has 0 radical (unpaired) electrons. The summed E-state index contributed by atoms with van der Waals surface area (Å²) in [5, 5.41) is 12.9. The topological polar surface area (TPSA) is 3.24 Å². The van der Waals surface area contributed by atoms with Crippen LogP contribution in [0.25, 0.3) is 108 Å².